The first kappa shape index (κ1) is 14.5. The van der Waals surface area contributed by atoms with E-state index < -0.39 is 5.97 Å². The van der Waals surface area contributed by atoms with Crippen LogP contribution in [0.25, 0.3) is 0 Å². The van der Waals surface area contributed by atoms with Crippen LogP contribution >= 0.6 is 23.2 Å². The van der Waals surface area contributed by atoms with E-state index in [1.165, 1.54) is 13.3 Å². The van der Waals surface area contributed by atoms with Crippen molar-refractivity contribution in [3.8, 4) is 0 Å². The average Bonchev–Trinajstić information content (AvgIpc) is 2.48. The molecule has 0 saturated heterocycles. The molecule has 0 bridgehead atoms. The summed E-state index contributed by atoms with van der Waals surface area (Å²) in [4.78, 5) is 19.4. The SMILES string of the molecule is COC(=O)c1ccc(N=Cc2ccc(Cl)c(Cl)c2)cn1. The van der Waals surface area contributed by atoms with E-state index in [1.54, 1.807) is 36.5 Å². The molecule has 2 aromatic rings. The molecule has 20 heavy (non-hydrogen) atoms. The molecular formula is C14H10Cl2N2O2. The second-order valence-electron chi connectivity index (χ2n) is 3.82. The van der Waals surface area contributed by atoms with Gasteiger partial charge in [0, 0.05) is 6.21 Å². The van der Waals surface area contributed by atoms with Crippen molar-refractivity contribution >= 4 is 41.1 Å². The molecule has 0 amide bonds. The first-order valence-electron chi connectivity index (χ1n) is 5.63. The summed E-state index contributed by atoms with van der Waals surface area (Å²) in [6.45, 7) is 0. The van der Waals surface area contributed by atoms with Crippen LogP contribution in [-0.4, -0.2) is 24.3 Å². The van der Waals surface area contributed by atoms with Gasteiger partial charge in [-0.1, -0.05) is 29.3 Å². The lowest BCUT2D eigenvalue weighted by Crippen LogP contribution is -2.02. The maximum Gasteiger partial charge on any atom is 0.356 e. The van der Waals surface area contributed by atoms with Crippen molar-refractivity contribution in [2.24, 2.45) is 4.99 Å². The van der Waals surface area contributed by atoms with Gasteiger partial charge in [-0.25, -0.2) is 9.78 Å². The Morgan fingerprint density at radius 1 is 1.25 bits per heavy atom. The van der Waals surface area contributed by atoms with Crippen molar-refractivity contribution < 1.29 is 9.53 Å². The molecule has 0 radical (unpaired) electrons. The Morgan fingerprint density at radius 3 is 2.65 bits per heavy atom. The number of pyridine rings is 1. The second kappa shape index (κ2) is 6.50. The monoisotopic (exact) mass is 308 g/mol. The number of carbonyl (C=O) groups excluding carboxylic acids is 1. The van der Waals surface area contributed by atoms with Gasteiger partial charge in [0.05, 0.1) is 29.0 Å². The van der Waals surface area contributed by atoms with Crippen molar-refractivity contribution in [2.45, 2.75) is 0 Å². The summed E-state index contributed by atoms with van der Waals surface area (Å²) in [5.74, 6) is -0.481. The fourth-order valence-corrected chi connectivity index (χ4v) is 1.74. The van der Waals surface area contributed by atoms with E-state index >= 15 is 0 Å². The Hall–Kier alpha value is -1.91. The zero-order valence-electron chi connectivity index (χ0n) is 10.5. The number of nitrogens with zero attached hydrogens (tertiary/aromatic N) is 2. The summed E-state index contributed by atoms with van der Waals surface area (Å²) in [5, 5.41) is 0.961. The van der Waals surface area contributed by atoms with E-state index in [0.717, 1.165) is 5.56 Å². The molecule has 1 heterocycles. The highest BCUT2D eigenvalue weighted by molar-refractivity contribution is 6.42. The quantitative estimate of drug-likeness (QED) is 0.637. The number of aliphatic imine (C=N–C) groups is 1. The lowest BCUT2D eigenvalue weighted by atomic mass is 10.2. The minimum Gasteiger partial charge on any atom is -0.464 e. The fourth-order valence-electron chi connectivity index (χ4n) is 1.43. The Kier molecular flexibility index (Phi) is 4.71. The number of ether oxygens (including phenoxy) is 1. The van der Waals surface area contributed by atoms with Gasteiger partial charge >= 0.3 is 5.97 Å². The summed E-state index contributed by atoms with van der Waals surface area (Å²) in [6, 6.07) is 8.43. The molecule has 0 N–H and O–H groups in total. The van der Waals surface area contributed by atoms with Crippen molar-refractivity contribution in [1.82, 2.24) is 4.98 Å². The van der Waals surface area contributed by atoms with Crippen molar-refractivity contribution in [1.29, 1.82) is 0 Å². The van der Waals surface area contributed by atoms with E-state index in [9.17, 15) is 4.79 Å². The van der Waals surface area contributed by atoms with Gasteiger partial charge in [-0.15, -0.1) is 0 Å². The molecule has 0 fully saturated rings. The fraction of sp³-hybridized carbons (Fsp3) is 0.0714. The molecule has 1 aromatic heterocycles. The second-order valence-corrected chi connectivity index (χ2v) is 4.64. The molecule has 1 aromatic carbocycles. The highest BCUT2D eigenvalue weighted by Gasteiger charge is 2.05. The van der Waals surface area contributed by atoms with Gasteiger partial charge in [-0.2, -0.15) is 0 Å². The predicted octanol–water partition coefficient (Wildman–Crippen LogP) is 3.93. The molecule has 4 nitrogen and oxygen atoms in total. The zero-order valence-corrected chi connectivity index (χ0v) is 12.0. The van der Waals surface area contributed by atoms with Crippen molar-refractivity contribution in [3.63, 3.8) is 0 Å². The van der Waals surface area contributed by atoms with E-state index in [-0.39, 0.29) is 5.69 Å². The third-order valence-corrected chi connectivity index (χ3v) is 3.19. The van der Waals surface area contributed by atoms with Gasteiger partial charge in [0.15, 0.2) is 0 Å². The van der Waals surface area contributed by atoms with Crippen molar-refractivity contribution in [2.75, 3.05) is 7.11 Å². The highest BCUT2D eigenvalue weighted by atomic mass is 35.5. The number of carbonyl (C=O) groups is 1. The van der Waals surface area contributed by atoms with Gasteiger partial charge < -0.3 is 4.74 Å². The molecule has 0 aliphatic rings. The smallest absolute Gasteiger partial charge is 0.356 e. The molecule has 6 heteroatoms. The molecule has 0 spiro atoms. The number of methoxy groups -OCH3 is 1. The van der Waals surface area contributed by atoms with Crippen LogP contribution in [0.4, 0.5) is 5.69 Å². The van der Waals surface area contributed by atoms with Crippen LogP contribution in [0.3, 0.4) is 0 Å². The van der Waals surface area contributed by atoms with Crippen LogP contribution in [0.15, 0.2) is 41.5 Å². The van der Waals surface area contributed by atoms with E-state index in [2.05, 4.69) is 14.7 Å². The van der Waals surface area contributed by atoms with Crippen LogP contribution in [-0.2, 0) is 4.74 Å². The maximum atomic E-state index is 11.2. The molecule has 2 rings (SSSR count). The molecule has 0 aliphatic carbocycles. The third kappa shape index (κ3) is 3.56. The van der Waals surface area contributed by atoms with Crippen LogP contribution in [0.2, 0.25) is 10.0 Å². The Labute approximate surface area is 126 Å². The molecule has 0 unspecified atom stereocenters. The van der Waals surface area contributed by atoms with Crippen molar-refractivity contribution in [3.05, 3.63) is 57.8 Å². The number of hydrogen-bond donors (Lipinski definition) is 0. The van der Waals surface area contributed by atoms with Gasteiger partial charge in [0.25, 0.3) is 0 Å². The lowest BCUT2D eigenvalue weighted by molar-refractivity contribution is 0.0594. The zero-order chi connectivity index (χ0) is 14.5. The standard InChI is InChI=1S/C14H10Cl2N2O2/c1-20-14(19)13-5-3-10(8-18-13)17-7-9-2-4-11(15)12(16)6-9/h2-8H,1H3. The van der Waals surface area contributed by atoms with Crippen LogP contribution in [0.1, 0.15) is 16.1 Å². The average molecular weight is 309 g/mol. The Morgan fingerprint density at radius 2 is 2.05 bits per heavy atom. The van der Waals surface area contributed by atoms with Gasteiger partial charge in [-0.3, -0.25) is 4.99 Å². The minimum absolute atomic E-state index is 0.237. The van der Waals surface area contributed by atoms with Crippen LogP contribution < -0.4 is 0 Å². The van der Waals surface area contributed by atoms with E-state index in [0.29, 0.717) is 15.7 Å². The van der Waals surface area contributed by atoms with Crippen LogP contribution in [0.5, 0.6) is 0 Å². The highest BCUT2D eigenvalue weighted by Crippen LogP contribution is 2.22. The number of rotatable bonds is 3. The Bertz CT molecular complexity index is 655. The first-order chi connectivity index (χ1) is 9.60. The summed E-state index contributed by atoms with van der Waals surface area (Å²) in [6.07, 6.45) is 3.12. The molecular weight excluding hydrogens is 299 g/mol. The number of halogens is 2. The third-order valence-electron chi connectivity index (χ3n) is 2.45. The minimum atomic E-state index is -0.481. The molecule has 102 valence electrons. The Balaban J connectivity index is 2.15. The maximum absolute atomic E-state index is 11.2. The number of hydrogen-bond acceptors (Lipinski definition) is 4. The van der Waals surface area contributed by atoms with Gasteiger partial charge in [-0.05, 0) is 29.8 Å². The number of esters is 1. The largest absolute Gasteiger partial charge is 0.464 e. The number of benzene rings is 1. The molecule has 0 aliphatic heterocycles. The van der Waals surface area contributed by atoms with E-state index in [4.69, 9.17) is 23.2 Å². The normalized spacial score (nSPS) is 10.8. The molecule has 0 atom stereocenters. The summed E-state index contributed by atoms with van der Waals surface area (Å²) in [7, 11) is 1.31. The summed E-state index contributed by atoms with van der Waals surface area (Å²) in [5.41, 5.74) is 1.67. The summed E-state index contributed by atoms with van der Waals surface area (Å²) >= 11 is 11.7. The topological polar surface area (TPSA) is 51.5 Å². The van der Waals surface area contributed by atoms with Gasteiger partial charge in [0.2, 0.25) is 0 Å². The predicted molar refractivity (Wildman–Crippen MR) is 79.3 cm³/mol. The van der Waals surface area contributed by atoms with Crippen LogP contribution in [0, 0.1) is 0 Å². The summed E-state index contributed by atoms with van der Waals surface area (Å²) < 4.78 is 4.56. The lowest BCUT2D eigenvalue weighted by Gasteiger charge is -1.99. The van der Waals surface area contributed by atoms with E-state index in [1.807, 2.05) is 0 Å². The molecule has 0 saturated carbocycles. The number of aromatic nitrogens is 1. The first-order valence-corrected chi connectivity index (χ1v) is 6.39. The van der Waals surface area contributed by atoms with Gasteiger partial charge in [0.1, 0.15) is 5.69 Å².